The predicted octanol–water partition coefficient (Wildman–Crippen LogP) is 1.93. The second kappa shape index (κ2) is 6.63. The molecule has 1 unspecified atom stereocenters. The monoisotopic (exact) mass is 293 g/mol. The van der Waals surface area contributed by atoms with Crippen LogP contribution in [0.1, 0.15) is 11.8 Å². The van der Waals surface area contributed by atoms with E-state index < -0.39 is 5.82 Å². The molecule has 5 heteroatoms. The number of amides is 1. The van der Waals surface area contributed by atoms with Crippen LogP contribution in [0.2, 0.25) is 0 Å². The van der Waals surface area contributed by atoms with E-state index in [2.05, 4.69) is 11.4 Å². The first-order valence-electron chi connectivity index (χ1n) is 6.48. The zero-order valence-corrected chi connectivity index (χ0v) is 12.3. The molecule has 0 fully saturated rings. The van der Waals surface area contributed by atoms with Gasteiger partial charge in [-0.15, -0.1) is 11.3 Å². The highest BCUT2D eigenvalue weighted by Crippen LogP contribution is 2.12. The summed E-state index contributed by atoms with van der Waals surface area (Å²) < 4.78 is 13.5. The summed E-state index contributed by atoms with van der Waals surface area (Å²) >= 11 is 1.67. The van der Waals surface area contributed by atoms with Gasteiger partial charge in [-0.3, -0.25) is 4.79 Å². The summed E-state index contributed by atoms with van der Waals surface area (Å²) in [6, 6.07) is 10.00. The van der Waals surface area contributed by atoms with Crippen molar-refractivity contribution in [1.29, 1.82) is 0 Å². The van der Waals surface area contributed by atoms with Gasteiger partial charge in [-0.25, -0.2) is 4.39 Å². The summed E-state index contributed by atoms with van der Waals surface area (Å²) in [7, 11) is 1.96. The molecule has 1 aromatic carbocycles. The fourth-order valence-electron chi connectivity index (χ4n) is 1.87. The predicted molar refractivity (Wildman–Crippen MR) is 79.4 cm³/mol. The van der Waals surface area contributed by atoms with Crippen molar-refractivity contribution in [3.8, 4) is 0 Å². The number of carbonyl (C=O) groups excluding carboxylic acids is 1. The molecule has 0 aliphatic rings. The van der Waals surface area contributed by atoms with Gasteiger partial charge in [0.1, 0.15) is 12.4 Å². The van der Waals surface area contributed by atoms with Gasteiger partial charge in [0.25, 0.3) is 5.91 Å². The fraction of sp³-hybridized carbons (Fsp3) is 0.267. The minimum absolute atomic E-state index is 0.177. The van der Waals surface area contributed by atoms with Crippen LogP contribution in [0.3, 0.4) is 0 Å². The van der Waals surface area contributed by atoms with E-state index in [1.54, 1.807) is 29.5 Å². The summed E-state index contributed by atoms with van der Waals surface area (Å²) in [6.07, 6.45) is 0. The topological polar surface area (TPSA) is 33.5 Å². The molecule has 0 spiro atoms. The molecule has 1 aromatic heterocycles. The Morgan fingerprint density at radius 1 is 1.35 bits per heavy atom. The Labute approximate surface area is 122 Å². The van der Waals surface area contributed by atoms with Gasteiger partial charge in [0.05, 0.1) is 17.6 Å². The van der Waals surface area contributed by atoms with Crippen molar-refractivity contribution in [2.75, 3.05) is 12.4 Å². The second-order valence-electron chi connectivity index (χ2n) is 4.79. The Kier molecular flexibility index (Phi) is 4.87. The number of quaternary nitrogens is 1. The lowest BCUT2D eigenvalue weighted by molar-refractivity contribution is -0.907. The number of para-hydroxylation sites is 1. The minimum atomic E-state index is -0.413. The molecule has 0 radical (unpaired) electrons. The molecule has 0 aliphatic heterocycles. The molecular weight excluding hydrogens is 275 g/mol. The van der Waals surface area contributed by atoms with Crippen molar-refractivity contribution in [3.05, 3.63) is 52.5 Å². The summed E-state index contributed by atoms with van der Waals surface area (Å²) in [5, 5.41) is 4.66. The third-order valence-electron chi connectivity index (χ3n) is 3.30. The highest BCUT2D eigenvalue weighted by Gasteiger charge is 2.22. The van der Waals surface area contributed by atoms with Crippen molar-refractivity contribution in [2.24, 2.45) is 0 Å². The summed E-state index contributed by atoms with van der Waals surface area (Å²) in [5.41, 5.74) is 0.230. The van der Waals surface area contributed by atoms with E-state index in [-0.39, 0.29) is 17.6 Å². The van der Waals surface area contributed by atoms with Crippen LogP contribution in [0.25, 0.3) is 0 Å². The second-order valence-corrected chi connectivity index (χ2v) is 5.83. The third-order valence-corrected chi connectivity index (χ3v) is 4.17. The van der Waals surface area contributed by atoms with E-state index in [4.69, 9.17) is 0 Å². The van der Waals surface area contributed by atoms with Crippen LogP contribution in [-0.2, 0) is 11.3 Å². The maximum Gasteiger partial charge on any atom is 0.282 e. The number of anilines is 1. The molecule has 3 nitrogen and oxygen atoms in total. The molecule has 0 aliphatic carbocycles. The van der Waals surface area contributed by atoms with Crippen molar-refractivity contribution in [1.82, 2.24) is 0 Å². The number of hydrogen-bond acceptors (Lipinski definition) is 2. The van der Waals surface area contributed by atoms with Gasteiger partial charge in [-0.1, -0.05) is 18.2 Å². The fourth-order valence-corrected chi connectivity index (χ4v) is 2.67. The number of carbonyl (C=O) groups is 1. The standard InChI is InChI=1S/C15H17FN2OS/c1-11(18(2)10-12-6-5-9-20-12)15(19)17-14-8-4-3-7-13(14)16/h3-9,11H,10H2,1-2H3,(H,17,19)/p+1/t11-/m1/s1. The lowest BCUT2D eigenvalue weighted by Crippen LogP contribution is -3.12. The van der Waals surface area contributed by atoms with Crippen LogP contribution in [0.4, 0.5) is 10.1 Å². The zero-order valence-electron chi connectivity index (χ0n) is 11.5. The molecule has 106 valence electrons. The van der Waals surface area contributed by atoms with E-state index in [1.807, 2.05) is 25.4 Å². The van der Waals surface area contributed by atoms with E-state index in [9.17, 15) is 9.18 Å². The normalized spacial score (nSPS) is 13.8. The summed E-state index contributed by atoms with van der Waals surface area (Å²) in [6.45, 7) is 2.63. The van der Waals surface area contributed by atoms with E-state index in [0.717, 1.165) is 11.4 Å². The van der Waals surface area contributed by atoms with Gasteiger partial charge >= 0.3 is 0 Å². The van der Waals surface area contributed by atoms with Crippen molar-refractivity contribution in [3.63, 3.8) is 0 Å². The molecule has 20 heavy (non-hydrogen) atoms. The van der Waals surface area contributed by atoms with Crippen molar-refractivity contribution >= 4 is 22.9 Å². The highest BCUT2D eigenvalue weighted by molar-refractivity contribution is 7.09. The Morgan fingerprint density at radius 2 is 2.10 bits per heavy atom. The third kappa shape index (κ3) is 3.65. The van der Waals surface area contributed by atoms with Gasteiger partial charge in [0.2, 0.25) is 0 Å². The van der Waals surface area contributed by atoms with Crippen LogP contribution >= 0.6 is 11.3 Å². The molecule has 1 amide bonds. The molecule has 2 N–H and O–H groups in total. The lowest BCUT2D eigenvalue weighted by atomic mass is 10.2. The number of nitrogens with one attached hydrogen (secondary N) is 2. The molecule has 1 heterocycles. The Balaban J connectivity index is 1.96. The summed E-state index contributed by atoms with van der Waals surface area (Å²) in [4.78, 5) is 14.4. The minimum Gasteiger partial charge on any atom is -0.323 e. The Hall–Kier alpha value is -1.72. The number of rotatable bonds is 5. The largest absolute Gasteiger partial charge is 0.323 e. The molecule has 2 atom stereocenters. The first-order chi connectivity index (χ1) is 9.58. The Bertz CT molecular complexity index is 571. The highest BCUT2D eigenvalue weighted by atomic mass is 32.1. The zero-order chi connectivity index (χ0) is 14.5. The number of thiophene rings is 1. The van der Waals surface area contributed by atoms with Crippen LogP contribution in [0.15, 0.2) is 41.8 Å². The van der Waals surface area contributed by atoms with Gasteiger partial charge < -0.3 is 10.2 Å². The number of benzene rings is 1. The average Bonchev–Trinajstić information content (AvgIpc) is 2.93. The Morgan fingerprint density at radius 3 is 2.75 bits per heavy atom. The van der Waals surface area contributed by atoms with Gasteiger partial charge in [0.15, 0.2) is 6.04 Å². The van der Waals surface area contributed by atoms with Crippen LogP contribution in [0.5, 0.6) is 0 Å². The van der Waals surface area contributed by atoms with E-state index in [0.29, 0.717) is 0 Å². The molecular formula is C15H18FN2OS+. The molecule has 0 saturated heterocycles. The molecule has 0 saturated carbocycles. The van der Waals surface area contributed by atoms with Crippen molar-refractivity contribution < 1.29 is 14.1 Å². The smallest absolute Gasteiger partial charge is 0.282 e. The maximum atomic E-state index is 13.5. The van der Waals surface area contributed by atoms with Crippen LogP contribution in [0, 0.1) is 5.82 Å². The summed E-state index contributed by atoms with van der Waals surface area (Å²) in [5.74, 6) is -0.590. The van der Waals surface area contributed by atoms with Gasteiger partial charge in [-0.05, 0) is 30.5 Å². The number of hydrogen-bond donors (Lipinski definition) is 2. The SMILES string of the molecule is C[C@H](C(=O)Nc1ccccc1F)[NH+](C)Cc1cccs1. The van der Waals surface area contributed by atoms with Crippen LogP contribution < -0.4 is 10.2 Å². The van der Waals surface area contributed by atoms with Crippen LogP contribution in [-0.4, -0.2) is 19.0 Å². The maximum absolute atomic E-state index is 13.5. The molecule has 0 bridgehead atoms. The van der Waals surface area contributed by atoms with Crippen molar-refractivity contribution in [2.45, 2.75) is 19.5 Å². The average molecular weight is 293 g/mol. The van der Waals surface area contributed by atoms with Gasteiger partial charge in [-0.2, -0.15) is 0 Å². The van der Waals surface area contributed by atoms with E-state index >= 15 is 0 Å². The van der Waals surface area contributed by atoms with Gasteiger partial charge in [0, 0.05) is 0 Å². The quantitative estimate of drug-likeness (QED) is 0.868. The van der Waals surface area contributed by atoms with E-state index in [1.165, 1.54) is 10.9 Å². The number of halogens is 1. The first kappa shape index (κ1) is 14.7. The molecule has 2 aromatic rings. The lowest BCUT2D eigenvalue weighted by Gasteiger charge is -2.20. The first-order valence-corrected chi connectivity index (χ1v) is 7.36. The molecule has 2 rings (SSSR count). The number of likely N-dealkylation sites (N-methyl/N-ethyl adjacent to an activating group) is 1.